The van der Waals surface area contributed by atoms with Crippen molar-refractivity contribution in [2.24, 2.45) is 0 Å². The number of imide groups is 1. The van der Waals surface area contributed by atoms with Crippen LogP contribution >= 0.6 is 11.6 Å². The van der Waals surface area contributed by atoms with Gasteiger partial charge in [-0.15, -0.1) is 13.2 Å². The number of carbonyl (C=O) groups excluding carboxylic acids is 2. The highest BCUT2D eigenvalue weighted by Crippen LogP contribution is 2.31. The Hall–Kier alpha value is -2.81. The largest absolute Gasteiger partial charge is 0.573 e. The molecule has 1 aliphatic heterocycles. The number of benzene rings is 1. The number of anilines is 1. The van der Waals surface area contributed by atoms with E-state index in [1.54, 1.807) is 13.0 Å². The minimum atomic E-state index is -4.83. The van der Waals surface area contributed by atoms with Crippen LogP contribution in [0.3, 0.4) is 0 Å². The van der Waals surface area contributed by atoms with Crippen molar-refractivity contribution in [1.82, 2.24) is 10.3 Å². The average Bonchev–Trinajstić information content (AvgIpc) is 2.78. The molecule has 10 heteroatoms. The van der Waals surface area contributed by atoms with Crippen molar-refractivity contribution < 1.29 is 27.5 Å². The minimum absolute atomic E-state index is 0.122. The number of hydrogen-bond acceptors (Lipinski definition) is 4. The second-order valence-electron chi connectivity index (χ2n) is 6.09. The predicted molar refractivity (Wildman–Crippen MR) is 90.5 cm³/mol. The molecular formula is C17H13ClF3N3O3. The summed E-state index contributed by atoms with van der Waals surface area (Å²) >= 11 is 6.07. The summed E-state index contributed by atoms with van der Waals surface area (Å²) in [5.74, 6) is -1.01. The summed E-state index contributed by atoms with van der Waals surface area (Å²) in [6.45, 7) is 1.55. The number of halogens is 4. The first-order valence-corrected chi connectivity index (χ1v) is 8.08. The van der Waals surface area contributed by atoms with Crippen LogP contribution in [-0.4, -0.2) is 28.8 Å². The Labute approximate surface area is 156 Å². The number of nitrogens with zero attached hydrogens (tertiary/aromatic N) is 2. The monoisotopic (exact) mass is 399 g/mol. The van der Waals surface area contributed by atoms with Crippen LogP contribution in [0, 0.1) is 0 Å². The number of ether oxygens (including phenoxy) is 1. The number of amides is 3. The van der Waals surface area contributed by atoms with Crippen LogP contribution in [0.5, 0.6) is 5.75 Å². The molecule has 1 fully saturated rings. The second-order valence-corrected chi connectivity index (χ2v) is 6.50. The fraction of sp³-hybridized carbons (Fsp3) is 0.235. The molecule has 1 saturated heterocycles. The van der Waals surface area contributed by atoms with Crippen LogP contribution < -0.4 is 15.0 Å². The normalized spacial score (nSPS) is 20.0. The van der Waals surface area contributed by atoms with Gasteiger partial charge in [-0.05, 0) is 42.8 Å². The summed E-state index contributed by atoms with van der Waals surface area (Å²) < 4.78 is 40.5. The number of rotatable bonds is 4. The van der Waals surface area contributed by atoms with Gasteiger partial charge in [-0.25, -0.2) is 9.69 Å². The Balaban J connectivity index is 1.82. The molecule has 1 aromatic heterocycles. The maximum absolute atomic E-state index is 12.8. The number of urea groups is 1. The third-order valence-electron chi connectivity index (χ3n) is 3.99. The van der Waals surface area contributed by atoms with Gasteiger partial charge in [-0.1, -0.05) is 11.6 Å². The van der Waals surface area contributed by atoms with Gasteiger partial charge in [0.05, 0.1) is 10.7 Å². The second kappa shape index (κ2) is 6.73. The topological polar surface area (TPSA) is 71.5 Å². The molecule has 27 heavy (non-hydrogen) atoms. The van der Waals surface area contributed by atoms with E-state index in [2.05, 4.69) is 15.0 Å². The molecule has 0 radical (unpaired) electrons. The van der Waals surface area contributed by atoms with Crippen LogP contribution in [0.25, 0.3) is 0 Å². The summed E-state index contributed by atoms with van der Waals surface area (Å²) in [6, 6.07) is 5.40. The Morgan fingerprint density at radius 2 is 1.89 bits per heavy atom. The lowest BCUT2D eigenvalue weighted by molar-refractivity contribution is -0.274. The van der Waals surface area contributed by atoms with Gasteiger partial charge in [0.25, 0.3) is 5.91 Å². The maximum atomic E-state index is 12.8. The number of alkyl halides is 3. The van der Waals surface area contributed by atoms with E-state index < -0.39 is 29.6 Å². The quantitative estimate of drug-likeness (QED) is 0.796. The molecule has 3 rings (SSSR count). The van der Waals surface area contributed by atoms with Crippen molar-refractivity contribution in [1.29, 1.82) is 0 Å². The molecular weight excluding hydrogens is 387 g/mol. The van der Waals surface area contributed by atoms with Gasteiger partial charge >= 0.3 is 12.4 Å². The van der Waals surface area contributed by atoms with Gasteiger partial charge in [0.15, 0.2) is 0 Å². The molecule has 3 amide bonds. The molecule has 6 nitrogen and oxygen atoms in total. The summed E-state index contributed by atoms with van der Waals surface area (Å²) in [5, 5.41) is 2.96. The fourth-order valence-corrected chi connectivity index (χ4v) is 2.95. The molecule has 0 aliphatic carbocycles. The average molecular weight is 400 g/mol. The maximum Gasteiger partial charge on any atom is 0.573 e. The number of hydrogen-bond donors (Lipinski definition) is 1. The molecule has 142 valence electrons. The lowest BCUT2D eigenvalue weighted by Gasteiger charge is -2.22. The van der Waals surface area contributed by atoms with E-state index in [1.165, 1.54) is 24.5 Å². The minimum Gasteiger partial charge on any atom is -0.406 e. The first kappa shape index (κ1) is 19.0. The molecule has 0 bridgehead atoms. The lowest BCUT2D eigenvalue weighted by atomic mass is 9.93. The summed E-state index contributed by atoms with van der Waals surface area (Å²) in [5.41, 5.74) is -0.515. The molecule has 2 heterocycles. The first-order valence-electron chi connectivity index (χ1n) is 7.70. The van der Waals surface area contributed by atoms with Crippen LogP contribution in [0.1, 0.15) is 12.5 Å². The van der Waals surface area contributed by atoms with E-state index in [0.29, 0.717) is 10.6 Å². The van der Waals surface area contributed by atoms with Crippen LogP contribution in [0.4, 0.5) is 23.7 Å². The van der Waals surface area contributed by atoms with Crippen molar-refractivity contribution >= 4 is 29.2 Å². The highest BCUT2D eigenvalue weighted by Gasteiger charge is 2.48. The van der Waals surface area contributed by atoms with E-state index in [4.69, 9.17) is 11.6 Å². The summed E-state index contributed by atoms with van der Waals surface area (Å²) in [6.07, 6.45) is -1.75. The van der Waals surface area contributed by atoms with Crippen molar-refractivity contribution in [2.45, 2.75) is 25.2 Å². The Morgan fingerprint density at radius 1 is 1.22 bits per heavy atom. The smallest absolute Gasteiger partial charge is 0.406 e. The highest BCUT2D eigenvalue weighted by atomic mass is 35.5. The van der Waals surface area contributed by atoms with Crippen LogP contribution in [-0.2, 0) is 11.2 Å². The van der Waals surface area contributed by atoms with E-state index in [-0.39, 0.29) is 12.1 Å². The van der Waals surface area contributed by atoms with Crippen molar-refractivity contribution in [3.8, 4) is 5.75 Å². The third kappa shape index (κ3) is 3.97. The van der Waals surface area contributed by atoms with Gasteiger partial charge in [0.2, 0.25) is 0 Å². The molecule has 1 atom stereocenters. The van der Waals surface area contributed by atoms with E-state index >= 15 is 0 Å². The highest BCUT2D eigenvalue weighted by molar-refractivity contribution is 6.31. The third-order valence-corrected chi connectivity index (χ3v) is 4.33. The zero-order valence-corrected chi connectivity index (χ0v) is 14.6. The molecule has 0 saturated carbocycles. The van der Waals surface area contributed by atoms with E-state index in [0.717, 1.165) is 17.0 Å². The van der Waals surface area contributed by atoms with Gasteiger partial charge < -0.3 is 10.1 Å². The zero-order valence-electron chi connectivity index (χ0n) is 13.9. The zero-order chi connectivity index (χ0) is 19.8. The Bertz CT molecular complexity index is 889. The number of aromatic nitrogens is 1. The number of pyridine rings is 1. The molecule has 1 aromatic carbocycles. The standard InChI is InChI=1S/C17H13ClF3N3O3/c1-16(8-10-6-7-22-9-13(10)18)14(25)24(15(26)23-16)11-2-4-12(5-3-11)27-17(19,20)21/h2-7,9H,8H2,1H3,(H,23,26). The molecule has 1 N–H and O–H groups in total. The van der Waals surface area contributed by atoms with Gasteiger partial charge in [0, 0.05) is 18.8 Å². The fourth-order valence-electron chi connectivity index (χ4n) is 2.76. The van der Waals surface area contributed by atoms with Crippen molar-refractivity contribution in [3.63, 3.8) is 0 Å². The van der Waals surface area contributed by atoms with E-state index in [1.807, 2.05) is 0 Å². The van der Waals surface area contributed by atoms with Crippen LogP contribution in [0.15, 0.2) is 42.7 Å². The van der Waals surface area contributed by atoms with E-state index in [9.17, 15) is 22.8 Å². The van der Waals surface area contributed by atoms with Gasteiger partial charge in [-0.2, -0.15) is 0 Å². The van der Waals surface area contributed by atoms with Gasteiger partial charge in [-0.3, -0.25) is 9.78 Å². The molecule has 1 unspecified atom stereocenters. The summed E-state index contributed by atoms with van der Waals surface area (Å²) in [4.78, 5) is 29.9. The van der Waals surface area contributed by atoms with Crippen molar-refractivity contribution in [3.05, 3.63) is 53.3 Å². The van der Waals surface area contributed by atoms with Gasteiger partial charge in [0.1, 0.15) is 11.3 Å². The SMILES string of the molecule is CC1(Cc2ccncc2Cl)NC(=O)N(c2ccc(OC(F)(F)F)cc2)C1=O. The number of nitrogens with one attached hydrogen (secondary N) is 1. The molecule has 0 spiro atoms. The lowest BCUT2D eigenvalue weighted by Crippen LogP contribution is -2.46. The van der Waals surface area contributed by atoms with Crippen molar-refractivity contribution in [2.75, 3.05) is 4.90 Å². The molecule has 2 aromatic rings. The van der Waals surface area contributed by atoms with Crippen LogP contribution in [0.2, 0.25) is 5.02 Å². The Kier molecular flexibility index (Phi) is 4.73. The molecule has 1 aliphatic rings. The Morgan fingerprint density at radius 3 is 2.48 bits per heavy atom. The number of carbonyl (C=O) groups is 2. The first-order chi connectivity index (χ1) is 12.6. The predicted octanol–water partition coefficient (Wildman–Crippen LogP) is 3.69. The summed E-state index contributed by atoms with van der Waals surface area (Å²) in [7, 11) is 0.